The molecule has 25 heavy (non-hydrogen) atoms. The highest BCUT2D eigenvalue weighted by Crippen LogP contribution is 2.26. The number of aromatic nitrogens is 1. The SMILES string of the molecule is Cc1csc(CC(=O)NNC(=O)CN(C)Cc2cccc(Cl)c2Cl)n1. The summed E-state index contributed by atoms with van der Waals surface area (Å²) >= 11 is 13.5. The molecular weight excluding hydrogens is 383 g/mol. The molecule has 134 valence electrons. The van der Waals surface area contributed by atoms with E-state index in [1.165, 1.54) is 11.3 Å². The van der Waals surface area contributed by atoms with E-state index < -0.39 is 0 Å². The molecule has 0 aliphatic heterocycles. The minimum absolute atomic E-state index is 0.0967. The Morgan fingerprint density at radius 3 is 2.64 bits per heavy atom. The Kier molecular flexibility index (Phi) is 7.19. The van der Waals surface area contributed by atoms with Crippen LogP contribution in [0.4, 0.5) is 0 Å². The number of thiazole rings is 1. The van der Waals surface area contributed by atoms with Gasteiger partial charge in [-0.1, -0.05) is 35.3 Å². The number of amides is 2. The standard InChI is InChI=1S/C16H18Cl2N4O2S/c1-10-9-25-15(19-10)6-13(23)20-21-14(24)8-22(2)7-11-4-3-5-12(17)16(11)18/h3-5,9H,6-8H2,1-2H3,(H,20,23)(H,21,24). The topological polar surface area (TPSA) is 74.3 Å². The number of nitrogens with one attached hydrogen (secondary N) is 2. The Morgan fingerprint density at radius 2 is 1.96 bits per heavy atom. The zero-order valence-corrected chi connectivity index (χ0v) is 16.1. The second-order valence-corrected chi connectivity index (χ2v) is 7.27. The predicted octanol–water partition coefficient (Wildman–Crippen LogP) is 2.58. The number of hydrogen-bond acceptors (Lipinski definition) is 5. The van der Waals surface area contributed by atoms with Gasteiger partial charge in [-0.3, -0.25) is 25.3 Å². The molecule has 0 radical (unpaired) electrons. The molecular formula is C16H18Cl2N4O2S. The monoisotopic (exact) mass is 400 g/mol. The van der Waals surface area contributed by atoms with Crippen molar-refractivity contribution in [3.8, 4) is 0 Å². The quantitative estimate of drug-likeness (QED) is 0.730. The highest BCUT2D eigenvalue weighted by molar-refractivity contribution is 7.09. The first-order chi connectivity index (χ1) is 11.8. The first-order valence-electron chi connectivity index (χ1n) is 7.45. The van der Waals surface area contributed by atoms with Crippen LogP contribution in [0.1, 0.15) is 16.3 Å². The lowest BCUT2D eigenvalue weighted by molar-refractivity contribution is -0.129. The lowest BCUT2D eigenvalue weighted by Gasteiger charge is -2.17. The van der Waals surface area contributed by atoms with E-state index in [-0.39, 0.29) is 24.8 Å². The van der Waals surface area contributed by atoms with Gasteiger partial charge < -0.3 is 0 Å². The van der Waals surface area contributed by atoms with Crippen molar-refractivity contribution in [3.63, 3.8) is 0 Å². The first kappa shape index (κ1) is 19.7. The minimum atomic E-state index is -0.329. The van der Waals surface area contributed by atoms with E-state index in [0.29, 0.717) is 21.6 Å². The van der Waals surface area contributed by atoms with Gasteiger partial charge in [0.25, 0.3) is 5.91 Å². The van der Waals surface area contributed by atoms with Crippen LogP contribution >= 0.6 is 34.5 Å². The van der Waals surface area contributed by atoms with Crippen LogP contribution in [0.15, 0.2) is 23.6 Å². The van der Waals surface area contributed by atoms with Crippen molar-refractivity contribution in [2.45, 2.75) is 19.9 Å². The summed E-state index contributed by atoms with van der Waals surface area (Å²) in [5.41, 5.74) is 6.47. The third-order valence-corrected chi connectivity index (χ3v) is 5.03. The van der Waals surface area contributed by atoms with Gasteiger partial charge in [0.2, 0.25) is 5.91 Å². The Morgan fingerprint density at radius 1 is 1.24 bits per heavy atom. The molecule has 6 nitrogen and oxygen atoms in total. The molecule has 2 rings (SSSR count). The molecule has 0 saturated carbocycles. The molecule has 9 heteroatoms. The summed E-state index contributed by atoms with van der Waals surface area (Å²) < 4.78 is 0. The van der Waals surface area contributed by atoms with E-state index in [2.05, 4.69) is 15.8 Å². The highest BCUT2D eigenvalue weighted by Gasteiger charge is 2.12. The lowest BCUT2D eigenvalue weighted by Crippen LogP contribution is -2.46. The number of rotatable bonds is 6. The summed E-state index contributed by atoms with van der Waals surface area (Å²) in [6.45, 7) is 2.42. The van der Waals surface area contributed by atoms with Gasteiger partial charge in [-0.25, -0.2) is 4.98 Å². The van der Waals surface area contributed by atoms with Crippen LogP contribution in [0.5, 0.6) is 0 Å². The summed E-state index contributed by atoms with van der Waals surface area (Å²) in [5, 5.41) is 3.53. The molecule has 0 unspecified atom stereocenters. The molecule has 1 heterocycles. The molecule has 0 fully saturated rings. The summed E-state index contributed by atoms with van der Waals surface area (Å²) in [4.78, 5) is 29.7. The number of halogens is 2. The van der Waals surface area contributed by atoms with Gasteiger partial charge >= 0.3 is 0 Å². The lowest BCUT2D eigenvalue weighted by atomic mass is 10.2. The fourth-order valence-corrected chi connectivity index (χ4v) is 3.26. The van der Waals surface area contributed by atoms with Gasteiger partial charge in [0.1, 0.15) is 5.01 Å². The first-order valence-corrected chi connectivity index (χ1v) is 9.09. The van der Waals surface area contributed by atoms with Crippen LogP contribution in [-0.2, 0) is 22.6 Å². The van der Waals surface area contributed by atoms with Crippen LogP contribution in [-0.4, -0.2) is 35.3 Å². The predicted molar refractivity (Wildman–Crippen MR) is 99.6 cm³/mol. The molecule has 0 aliphatic carbocycles. The fraction of sp³-hybridized carbons (Fsp3) is 0.312. The molecule has 0 bridgehead atoms. The smallest absolute Gasteiger partial charge is 0.252 e. The second-order valence-electron chi connectivity index (χ2n) is 5.54. The number of benzene rings is 1. The van der Waals surface area contributed by atoms with Crippen molar-refractivity contribution in [1.29, 1.82) is 0 Å². The maximum absolute atomic E-state index is 11.9. The molecule has 2 aromatic rings. The maximum atomic E-state index is 11.9. The third kappa shape index (κ3) is 6.28. The van der Waals surface area contributed by atoms with Crippen molar-refractivity contribution >= 4 is 46.4 Å². The Hall–Kier alpha value is -1.67. The van der Waals surface area contributed by atoms with Crippen LogP contribution in [0.3, 0.4) is 0 Å². The third-order valence-electron chi connectivity index (χ3n) is 3.21. The normalized spacial score (nSPS) is 10.8. The van der Waals surface area contributed by atoms with Gasteiger partial charge in [-0.15, -0.1) is 11.3 Å². The van der Waals surface area contributed by atoms with E-state index >= 15 is 0 Å². The summed E-state index contributed by atoms with van der Waals surface area (Å²) in [6, 6.07) is 5.36. The summed E-state index contributed by atoms with van der Waals surface area (Å²) in [6.07, 6.45) is 0.132. The average Bonchev–Trinajstić information content (AvgIpc) is 2.95. The van der Waals surface area contributed by atoms with Gasteiger partial charge in [-0.05, 0) is 25.6 Å². The average molecular weight is 401 g/mol. The zero-order chi connectivity index (χ0) is 18.4. The largest absolute Gasteiger partial charge is 0.293 e. The second kappa shape index (κ2) is 9.15. The highest BCUT2D eigenvalue weighted by atomic mass is 35.5. The number of hydrazine groups is 1. The molecule has 0 saturated heterocycles. The Bertz CT molecular complexity index is 766. The number of nitrogens with zero attached hydrogens (tertiary/aromatic N) is 2. The van der Waals surface area contributed by atoms with E-state index in [1.807, 2.05) is 18.4 Å². The van der Waals surface area contributed by atoms with Gasteiger partial charge in [-0.2, -0.15) is 0 Å². The van der Waals surface area contributed by atoms with E-state index in [0.717, 1.165) is 11.3 Å². The summed E-state index contributed by atoms with van der Waals surface area (Å²) in [7, 11) is 1.77. The minimum Gasteiger partial charge on any atom is -0.293 e. The van der Waals surface area contributed by atoms with E-state index in [1.54, 1.807) is 24.1 Å². The van der Waals surface area contributed by atoms with Crippen molar-refractivity contribution in [2.24, 2.45) is 0 Å². The number of aryl methyl sites for hydroxylation is 1. The molecule has 0 atom stereocenters. The number of likely N-dealkylation sites (N-methyl/N-ethyl adjacent to an activating group) is 1. The molecule has 1 aromatic heterocycles. The molecule has 0 aliphatic rings. The van der Waals surface area contributed by atoms with Crippen molar-refractivity contribution in [1.82, 2.24) is 20.7 Å². The Labute approximate surface area is 160 Å². The fourth-order valence-electron chi connectivity index (χ4n) is 2.11. The van der Waals surface area contributed by atoms with Crippen molar-refractivity contribution in [3.05, 3.63) is 49.9 Å². The maximum Gasteiger partial charge on any atom is 0.252 e. The number of carbonyl (C=O) groups excluding carboxylic acids is 2. The van der Waals surface area contributed by atoms with Crippen LogP contribution < -0.4 is 10.9 Å². The van der Waals surface area contributed by atoms with Gasteiger partial charge in [0, 0.05) is 17.6 Å². The van der Waals surface area contributed by atoms with Crippen LogP contribution in [0.2, 0.25) is 10.0 Å². The van der Waals surface area contributed by atoms with Crippen LogP contribution in [0, 0.1) is 6.92 Å². The van der Waals surface area contributed by atoms with Crippen molar-refractivity contribution in [2.75, 3.05) is 13.6 Å². The van der Waals surface area contributed by atoms with Crippen molar-refractivity contribution < 1.29 is 9.59 Å². The number of hydrogen-bond donors (Lipinski definition) is 2. The molecule has 2 amide bonds. The molecule has 1 aromatic carbocycles. The zero-order valence-electron chi connectivity index (χ0n) is 13.8. The van der Waals surface area contributed by atoms with E-state index in [9.17, 15) is 9.59 Å². The molecule has 0 spiro atoms. The summed E-state index contributed by atoms with van der Waals surface area (Å²) in [5.74, 6) is -0.646. The number of carbonyl (C=O) groups is 2. The molecule has 2 N–H and O–H groups in total. The van der Waals surface area contributed by atoms with Gasteiger partial charge in [0.15, 0.2) is 0 Å². The van der Waals surface area contributed by atoms with Gasteiger partial charge in [0.05, 0.1) is 23.0 Å². The van der Waals surface area contributed by atoms with Crippen LogP contribution in [0.25, 0.3) is 0 Å². The Balaban J connectivity index is 1.75. The van der Waals surface area contributed by atoms with E-state index in [4.69, 9.17) is 23.2 Å².